The van der Waals surface area contributed by atoms with Gasteiger partial charge >= 0.3 is 0 Å². The molecular formula is C13H21N5O. The molecule has 0 atom stereocenters. The van der Waals surface area contributed by atoms with E-state index >= 15 is 0 Å². The maximum Gasteiger partial charge on any atom is 0.237 e. The molecule has 104 valence electrons. The van der Waals surface area contributed by atoms with Gasteiger partial charge in [0.05, 0.1) is 13.1 Å². The monoisotopic (exact) mass is 263 g/mol. The Morgan fingerprint density at radius 3 is 2.89 bits per heavy atom. The van der Waals surface area contributed by atoms with Gasteiger partial charge in [-0.05, 0) is 12.8 Å². The molecule has 2 aliphatic heterocycles. The first-order chi connectivity index (χ1) is 9.22. The van der Waals surface area contributed by atoms with Crippen LogP contribution in [0.25, 0.3) is 0 Å². The maximum absolute atomic E-state index is 12.3. The average Bonchev–Trinajstić information content (AvgIpc) is 2.88. The zero-order valence-corrected chi connectivity index (χ0v) is 11.2. The minimum absolute atomic E-state index is 0.213. The first kappa shape index (κ1) is 12.6. The molecule has 2 N–H and O–H groups in total. The number of fused-ring (bicyclic) bond motifs is 1. The van der Waals surface area contributed by atoms with Crippen molar-refractivity contribution in [3.63, 3.8) is 0 Å². The molecule has 1 saturated heterocycles. The number of aromatic nitrogens is 2. The molecule has 0 saturated carbocycles. The Kier molecular flexibility index (Phi) is 3.52. The summed E-state index contributed by atoms with van der Waals surface area (Å²) in [5.41, 5.74) is 5.88. The van der Waals surface area contributed by atoms with Crippen LogP contribution in [0.15, 0.2) is 12.4 Å². The van der Waals surface area contributed by atoms with Crippen LogP contribution in [0.4, 0.5) is 0 Å². The number of hydrogen-bond acceptors (Lipinski definition) is 4. The van der Waals surface area contributed by atoms with E-state index in [1.54, 1.807) is 6.20 Å². The Hall–Kier alpha value is -1.40. The van der Waals surface area contributed by atoms with Crippen molar-refractivity contribution >= 4 is 5.91 Å². The number of amides is 1. The number of piperidine rings is 1. The fraction of sp³-hybridized carbons (Fsp3) is 0.692. The number of hydrogen-bond donors (Lipinski definition) is 1. The van der Waals surface area contributed by atoms with Crippen LogP contribution in [0.2, 0.25) is 0 Å². The molecule has 19 heavy (non-hydrogen) atoms. The summed E-state index contributed by atoms with van der Waals surface area (Å²) in [6, 6.07) is 0.314. The van der Waals surface area contributed by atoms with Crippen LogP contribution in [0.1, 0.15) is 18.7 Å². The molecule has 0 spiro atoms. The molecule has 3 rings (SSSR count). The molecule has 6 nitrogen and oxygen atoms in total. The van der Waals surface area contributed by atoms with E-state index in [0.717, 1.165) is 44.8 Å². The molecule has 0 radical (unpaired) electrons. The Labute approximate surface area is 113 Å². The fourth-order valence-electron chi connectivity index (χ4n) is 2.79. The van der Waals surface area contributed by atoms with Gasteiger partial charge in [0.1, 0.15) is 5.82 Å². The summed E-state index contributed by atoms with van der Waals surface area (Å²) in [6.07, 6.45) is 5.77. The summed E-state index contributed by atoms with van der Waals surface area (Å²) in [5.74, 6) is 1.20. The molecule has 0 aromatic carbocycles. The smallest absolute Gasteiger partial charge is 0.237 e. The van der Waals surface area contributed by atoms with E-state index in [1.807, 2.05) is 11.1 Å². The predicted octanol–water partition coefficient (Wildman–Crippen LogP) is -0.352. The van der Waals surface area contributed by atoms with Gasteiger partial charge in [0.25, 0.3) is 0 Å². The van der Waals surface area contributed by atoms with Crippen molar-refractivity contribution < 1.29 is 4.79 Å². The van der Waals surface area contributed by atoms with Crippen LogP contribution in [-0.2, 0) is 17.9 Å². The van der Waals surface area contributed by atoms with E-state index in [0.29, 0.717) is 19.1 Å². The summed E-state index contributed by atoms with van der Waals surface area (Å²) in [5, 5.41) is 0. The number of imidazole rings is 1. The summed E-state index contributed by atoms with van der Waals surface area (Å²) in [7, 11) is 0. The SMILES string of the molecule is NC1CCN(CC(=O)N2CCn3ccnc3C2)CC1. The van der Waals surface area contributed by atoms with E-state index in [4.69, 9.17) is 5.73 Å². The van der Waals surface area contributed by atoms with Crippen molar-refractivity contribution in [3.05, 3.63) is 18.2 Å². The first-order valence-corrected chi connectivity index (χ1v) is 6.98. The maximum atomic E-state index is 12.3. The minimum atomic E-state index is 0.213. The van der Waals surface area contributed by atoms with Crippen molar-refractivity contribution in [1.82, 2.24) is 19.4 Å². The van der Waals surface area contributed by atoms with Crippen molar-refractivity contribution in [1.29, 1.82) is 0 Å². The van der Waals surface area contributed by atoms with Gasteiger partial charge in [-0.3, -0.25) is 9.69 Å². The molecule has 3 heterocycles. The molecule has 2 aliphatic rings. The van der Waals surface area contributed by atoms with Crippen LogP contribution >= 0.6 is 0 Å². The van der Waals surface area contributed by atoms with E-state index in [1.165, 1.54) is 0 Å². The summed E-state index contributed by atoms with van der Waals surface area (Å²) in [6.45, 7) is 4.68. The summed E-state index contributed by atoms with van der Waals surface area (Å²) < 4.78 is 2.11. The lowest BCUT2D eigenvalue weighted by molar-refractivity contribution is -0.134. The molecule has 1 aromatic rings. The van der Waals surface area contributed by atoms with Crippen LogP contribution in [-0.4, -0.2) is 57.5 Å². The fourth-order valence-corrected chi connectivity index (χ4v) is 2.79. The molecule has 0 aliphatic carbocycles. The molecule has 0 unspecified atom stereocenters. The van der Waals surface area contributed by atoms with Crippen molar-refractivity contribution in [2.24, 2.45) is 5.73 Å². The van der Waals surface area contributed by atoms with E-state index in [-0.39, 0.29) is 5.91 Å². The number of carbonyl (C=O) groups is 1. The minimum Gasteiger partial charge on any atom is -0.332 e. The van der Waals surface area contributed by atoms with E-state index in [9.17, 15) is 4.79 Å². The third-order valence-corrected chi connectivity index (χ3v) is 4.09. The number of likely N-dealkylation sites (tertiary alicyclic amines) is 1. The molecular weight excluding hydrogens is 242 g/mol. The summed E-state index contributed by atoms with van der Waals surface area (Å²) >= 11 is 0. The number of rotatable bonds is 2. The zero-order valence-electron chi connectivity index (χ0n) is 11.2. The van der Waals surface area contributed by atoms with Crippen molar-refractivity contribution in [2.75, 3.05) is 26.2 Å². The van der Waals surface area contributed by atoms with Crippen LogP contribution in [0.5, 0.6) is 0 Å². The quantitative estimate of drug-likeness (QED) is 0.792. The second-order valence-electron chi connectivity index (χ2n) is 5.47. The zero-order chi connectivity index (χ0) is 13.2. The van der Waals surface area contributed by atoms with Crippen LogP contribution < -0.4 is 5.73 Å². The second kappa shape index (κ2) is 5.30. The van der Waals surface area contributed by atoms with Gasteiger partial charge in [0.15, 0.2) is 0 Å². The Morgan fingerprint density at radius 2 is 2.11 bits per heavy atom. The van der Waals surface area contributed by atoms with Gasteiger partial charge in [-0.15, -0.1) is 0 Å². The Morgan fingerprint density at radius 1 is 1.32 bits per heavy atom. The molecule has 6 heteroatoms. The highest BCUT2D eigenvalue weighted by Gasteiger charge is 2.24. The second-order valence-corrected chi connectivity index (χ2v) is 5.47. The van der Waals surface area contributed by atoms with Gasteiger partial charge < -0.3 is 15.2 Å². The standard InChI is InChI=1S/C13H21N5O/c14-11-1-4-16(5-2-11)10-13(19)18-8-7-17-6-3-15-12(17)9-18/h3,6,11H,1-2,4-5,7-10,14H2. The van der Waals surface area contributed by atoms with Crippen molar-refractivity contribution in [2.45, 2.75) is 32.0 Å². The third-order valence-electron chi connectivity index (χ3n) is 4.09. The number of nitrogens with zero attached hydrogens (tertiary/aromatic N) is 4. The van der Waals surface area contributed by atoms with Gasteiger partial charge in [-0.2, -0.15) is 0 Å². The normalized spacial score (nSPS) is 21.4. The van der Waals surface area contributed by atoms with Gasteiger partial charge in [-0.25, -0.2) is 4.98 Å². The topological polar surface area (TPSA) is 67.4 Å². The lowest BCUT2D eigenvalue weighted by Gasteiger charge is -2.33. The number of carbonyl (C=O) groups excluding carboxylic acids is 1. The van der Waals surface area contributed by atoms with Gasteiger partial charge in [0, 0.05) is 44.6 Å². The van der Waals surface area contributed by atoms with Gasteiger partial charge in [0.2, 0.25) is 5.91 Å². The average molecular weight is 263 g/mol. The van der Waals surface area contributed by atoms with E-state index in [2.05, 4.69) is 14.5 Å². The Bertz CT molecular complexity index is 450. The van der Waals surface area contributed by atoms with Crippen molar-refractivity contribution in [3.8, 4) is 0 Å². The Balaban J connectivity index is 1.54. The third kappa shape index (κ3) is 2.79. The first-order valence-electron chi connectivity index (χ1n) is 6.98. The lowest BCUT2D eigenvalue weighted by atomic mass is 10.1. The predicted molar refractivity (Wildman–Crippen MR) is 71.3 cm³/mol. The highest BCUT2D eigenvalue weighted by molar-refractivity contribution is 5.78. The van der Waals surface area contributed by atoms with Crippen LogP contribution in [0, 0.1) is 0 Å². The molecule has 1 amide bonds. The van der Waals surface area contributed by atoms with Gasteiger partial charge in [-0.1, -0.05) is 0 Å². The summed E-state index contributed by atoms with van der Waals surface area (Å²) in [4.78, 5) is 20.7. The van der Waals surface area contributed by atoms with Crippen LogP contribution in [0.3, 0.4) is 0 Å². The van der Waals surface area contributed by atoms with E-state index < -0.39 is 0 Å². The number of nitrogens with two attached hydrogens (primary N) is 1. The highest BCUT2D eigenvalue weighted by Crippen LogP contribution is 2.12. The molecule has 1 aromatic heterocycles. The largest absolute Gasteiger partial charge is 0.332 e. The molecule has 0 bridgehead atoms. The lowest BCUT2D eigenvalue weighted by Crippen LogP contribution is -2.47. The highest BCUT2D eigenvalue weighted by atomic mass is 16.2. The molecule has 1 fully saturated rings.